The zero-order valence-electron chi connectivity index (χ0n) is 19.0. The molecule has 180 valence electrons. The Hall–Kier alpha value is -4.93. The van der Waals surface area contributed by atoms with Crippen LogP contribution in [0.4, 0.5) is 11.4 Å². The molecule has 11 nitrogen and oxygen atoms in total. The molecule has 35 heavy (non-hydrogen) atoms. The Morgan fingerprint density at radius 1 is 0.829 bits per heavy atom. The zero-order valence-corrected chi connectivity index (χ0v) is 19.0. The molecule has 1 aromatic heterocycles. The molecule has 0 atom stereocenters. The summed E-state index contributed by atoms with van der Waals surface area (Å²) in [6.45, 7) is 1.87. The molecule has 0 fully saturated rings. The monoisotopic (exact) mass is 477 g/mol. The third kappa shape index (κ3) is 7.56. The normalized spacial score (nSPS) is 10.5. The largest absolute Gasteiger partial charge is 0.497 e. The number of ether oxygens (including phenoxy) is 1. The second-order valence-corrected chi connectivity index (χ2v) is 7.19. The Kier molecular flexibility index (Phi) is 8.33. The quantitative estimate of drug-likeness (QED) is 0.232. The highest BCUT2D eigenvalue weighted by atomic mass is 16.5. The van der Waals surface area contributed by atoms with E-state index in [2.05, 4.69) is 26.5 Å². The van der Waals surface area contributed by atoms with E-state index in [9.17, 15) is 19.2 Å². The van der Waals surface area contributed by atoms with Crippen LogP contribution in [0.5, 0.6) is 5.75 Å². The SMILES string of the molecule is COc1ccc(NC(=O)C(=O)N/N=C/c2ccc(CNC(=O)C(=O)Nc3ccc(C)cc3)o2)cc1. The Morgan fingerprint density at radius 2 is 1.43 bits per heavy atom. The predicted molar refractivity (Wildman–Crippen MR) is 128 cm³/mol. The summed E-state index contributed by atoms with van der Waals surface area (Å²) in [4.78, 5) is 47.8. The van der Waals surface area contributed by atoms with Gasteiger partial charge in [0.2, 0.25) is 0 Å². The van der Waals surface area contributed by atoms with Crippen molar-refractivity contribution in [3.8, 4) is 5.75 Å². The number of benzene rings is 2. The first-order valence-electron chi connectivity index (χ1n) is 10.4. The van der Waals surface area contributed by atoms with Crippen LogP contribution in [-0.2, 0) is 25.7 Å². The number of carbonyl (C=O) groups excluding carboxylic acids is 4. The van der Waals surface area contributed by atoms with E-state index in [1.165, 1.54) is 13.3 Å². The molecular formula is C24H23N5O6. The first-order chi connectivity index (χ1) is 16.8. The average molecular weight is 477 g/mol. The summed E-state index contributed by atoms with van der Waals surface area (Å²) in [5.41, 5.74) is 4.04. The number of hydrogen-bond donors (Lipinski definition) is 4. The van der Waals surface area contributed by atoms with Crippen molar-refractivity contribution in [2.24, 2.45) is 5.10 Å². The summed E-state index contributed by atoms with van der Waals surface area (Å²) in [6.07, 6.45) is 1.19. The molecule has 0 unspecified atom stereocenters. The van der Waals surface area contributed by atoms with Crippen LogP contribution in [0.3, 0.4) is 0 Å². The highest BCUT2D eigenvalue weighted by molar-refractivity contribution is 6.40. The van der Waals surface area contributed by atoms with Crippen molar-refractivity contribution in [3.05, 3.63) is 77.7 Å². The fourth-order valence-electron chi connectivity index (χ4n) is 2.70. The molecule has 0 aliphatic heterocycles. The van der Waals surface area contributed by atoms with Crippen molar-refractivity contribution in [1.82, 2.24) is 10.7 Å². The Labute approximate surface area is 200 Å². The summed E-state index contributed by atoms with van der Waals surface area (Å²) >= 11 is 0. The molecule has 4 amide bonds. The van der Waals surface area contributed by atoms with Crippen LogP contribution in [0.25, 0.3) is 0 Å². The van der Waals surface area contributed by atoms with E-state index in [4.69, 9.17) is 9.15 Å². The number of anilines is 2. The summed E-state index contributed by atoms with van der Waals surface area (Å²) in [5.74, 6) is -2.29. The van der Waals surface area contributed by atoms with Gasteiger partial charge >= 0.3 is 23.6 Å². The number of furan rings is 1. The van der Waals surface area contributed by atoms with E-state index >= 15 is 0 Å². The van der Waals surface area contributed by atoms with Gasteiger partial charge in [-0.3, -0.25) is 19.2 Å². The molecule has 0 radical (unpaired) electrons. The summed E-state index contributed by atoms with van der Waals surface area (Å²) < 4.78 is 10.5. The van der Waals surface area contributed by atoms with Gasteiger partial charge in [0.05, 0.1) is 19.9 Å². The van der Waals surface area contributed by atoms with Crippen LogP contribution in [0.1, 0.15) is 17.1 Å². The van der Waals surface area contributed by atoms with Crippen molar-refractivity contribution >= 4 is 41.2 Å². The van der Waals surface area contributed by atoms with Gasteiger partial charge in [-0.05, 0) is 55.5 Å². The van der Waals surface area contributed by atoms with Crippen LogP contribution in [0.2, 0.25) is 0 Å². The topological polar surface area (TPSA) is 151 Å². The van der Waals surface area contributed by atoms with Crippen LogP contribution >= 0.6 is 0 Å². The van der Waals surface area contributed by atoms with E-state index in [0.717, 1.165) is 5.56 Å². The smallest absolute Gasteiger partial charge is 0.329 e. The Bertz CT molecular complexity index is 1230. The molecule has 0 saturated heterocycles. The molecule has 0 saturated carbocycles. The minimum Gasteiger partial charge on any atom is -0.497 e. The highest BCUT2D eigenvalue weighted by Gasteiger charge is 2.15. The van der Waals surface area contributed by atoms with Crippen LogP contribution < -0.4 is 26.1 Å². The molecule has 0 bridgehead atoms. The van der Waals surface area contributed by atoms with Gasteiger partial charge in [0, 0.05) is 11.4 Å². The number of amides is 4. The molecule has 3 rings (SSSR count). The third-order valence-corrected chi connectivity index (χ3v) is 4.53. The third-order valence-electron chi connectivity index (χ3n) is 4.53. The van der Waals surface area contributed by atoms with Crippen LogP contribution in [0, 0.1) is 6.92 Å². The number of hydrazone groups is 1. The van der Waals surface area contributed by atoms with Crippen molar-refractivity contribution < 1.29 is 28.3 Å². The second-order valence-electron chi connectivity index (χ2n) is 7.19. The van der Waals surface area contributed by atoms with Gasteiger partial charge in [-0.25, -0.2) is 5.43 Å². The fourth-order valence-corrected chi connectivity index (χ4v) is 2.70. The van der Waals surface area contributed by atoms with Gasteiger partial charge in [0.1, 0.15) is 17.3 Å². The van der Waals surface area contributed by atoms with E-state index in [1.54, 1.807) is 48.5 Å². The van der Waals surface area contributed by atoms with E-state index < -0.39 is 23.6 Å². The Balaban J connectivity index is 1.42. The van der Waals surface area contributed by atoms with Crippen molar-refractivity contribution in [3.63, 3.8) is 0 Å². The van der Waals surface area contributed by atoms with Gasteiger partial charge < -0.3 is 25.1 Å². The van der Waals surface area contributed by atoms with Gasteiger partial charge in [0.15, 0.2) is 0 Å². The van der Waals surface area contributed by atoms with E-state index in [-0.39, 0.29) is 12.3 Å². The van der Waals surface area contributed by atoms with Crippen molar-refractivity contribution in [1.29, 1.82) is 0 Å². The highest BCUT2D eigenvalue weighted by Crippen LogP contribution is 2.14. The molecule has 1 heterocycles. The van der Waals surface area contributed by atoms with Crippen LogP contribution in [0.15, 0.2) is 70.2 Å². The number of carbonyl (C=O) groups is 4. The second kappa shape index (κ2) is 11.8. The number of methoxy groups -OCH3 is 1. The molecule has 3 aromatic rings. The zero-order chi connectivity index (χ0) is 25.2. The fraction of sp³-hybridized carbons (Fsp3) is 0.125. The Morgan fingerprint density at radius 3 is 2.06 bits per heavy atom. The number of hydrogen-bond acceptors (Lipinski definition) is 7. The van der Waals surface area contributed by atoms with Crippen LogP contribution in [-0.4, -0.2) is 37.0 Å². The molecule has 0 aliphatic rings. The average Bonchev–Trinajstić information content (AvgIpc) is 3.32. The summed E-state index contributed by atoms with van der Waals surface area (Å²) in [6, 6.07) is 16.6. The van der Waals surface area contributed by atoms with Gasteiger partial charge in [-0.1, -0.05) is 17.7 Å². The predicted octanol–water partition coefficient (Wildman–Crippen LogP) is 1.94. The van der Waals surface area contributed by atoms with Gasteiger partial charge in [-0.2, -0.15) is 5.10 Å². The maximum Gasteiger partial charge on any atom is 0.329 e. The number of nitrogens with zero attached hydrogens (tertiary/aromatic N) is 1. The van der Waals surface area contributed by atoms with Gasteiger partial charge in [-0.15, -0.1) is 0 Å². The minimum absolute atomic E-state index is 0.0371. The van der Waals surface area contributed by atoms with Crippen molar-refractivity contribution in [2.45, 2.75) is 13.5 Å². The minimum atomic E-state index is -0.976. The van der Waals surface area contributed by atoms with Crippen molar-refractivity contribution in [2.75, 3.05) is 17.7 Å². The first kappa shape index (κ1) is 24.7. The number of aryl methyl sites for hydroxylation is 1. The lowest BCUT2D eigenvalue weighted by Gasteiger charge is -2.05. The lowest BCUT2D eigenvalue weighted by molar-refractivity contribution is -0.136. The lowest BCUT2D eigenvalue weighted by atomic mass is 10.2. The molecule has 11 heteroatoms. The molecule has 2 aromatic carbocycles. The standard InChI is InChI=1S/C24H23N5O6/c1-15-3-5-16(6-4-15)27-22(31)21(30)25-13-19-11-12-20(35-19)14-26-29-24(33)23(32)28-17-7-9-18(34-2)10-8-17/h3-12,14H,13H2,1-2H3,(H,25,30)(H,27,31)(H,28,32)(H,29,33)/b26-14+. The number of rotatable bonds is 7. The summed E-state index contributed by atoms with van der Waals surface area (Å²) in [5, 5.41) is 11.0. The van der Waals surface area contributed by atoms with E-state index in [1.807, 2.05) is 19.1 Å². The molecule has 0 aliphatic carbocycles. The molecular weight excluding hydrogens is 454 g/mol. The number of nitrogens with one attached hydrogen (secondary N) is 4. The maximum atomic E-state index is 12.0. The summed E-state index contributed by atoms with van der Waals surface area (Å²) in [7, 11) is 1.52. The van der Waals surface area contributed by atoms with E-state index in [0.29, 0.717) is 22.9 Å². The molecule has 4 N–H and O–H groups in total. The van der Waals surface area contributed by atoms with Gasteiger partial charge in [0.25, 0.3) is 0 Å². The molecule has 0 spiro atoms. The lowest BCUT2D eigenvalue weighted by Crippen LogP contribution is -2.34. The maximum absolute atomic E-state index is 12.0. The first-order valence-corrected chi connectivity index (χ1v) is 10.4.